The zero-order chi connectivity index (χ0) is 19.8. The Morgan fingerprint density at radius 2 is 1.72 bits per heavy atom. The van der Waals surface area contributed by atoms with Crippen molar-refractivity contribution in [2.75, 3.05) is 7.11 Å². The number of aromatic nitrogens is 3. The van der Waals surface area contributed by atoms with Crippen LogP contribution in [0.1, 0.15) is 5.56 Å². The first-order valence-corrected chi connectivity index (χ1v) is 9.36. The Morgan fingerprint density at radius 1 is 0.897 bits per heavy atom. The van der Waals surface area contributed by atoms with Gasteiger partial charge in [0.25, 0.3) is 0 Å². The van der Waals surface area contributed by atoms with Crippen molar-refractivity contribution in [1.82, 2.24) is 14.8 Å². The van der Waals surface area contributed by atoms with Gasteiger partial charge in [-0.1, -0.05) is 42.5 Å². The summed E-state index contributed by atoms with van der Waals surface area (Å²) in [7, 11) is 1.65. The molecule has 0 bridgehead atoms. The van der Waals surface area contributed by atoms with Crippen LogP contribution in [0.3, 0.4) is 0 Å². The highest BCUT2D eigenvalue weighted by Gasteiger charge is 2.20. The molecule has 29 heavy (non-hydrogen) atoms. The summed E-state index contributed by atoms with van der Waals surface area (Å²) < 4.78 is 21.3. The number of ether oxygens (including phenoxy) is 1. The number of methoxy groups -OCH3 is 1. The molecule has 0 spiro atoms. The fraction of sp³-hybridized carbons (Fsp3) is 0.0833. The predicted octanol–water partition coefficient (Wildman–Crippen LogP) is 5.40. The van der Waals surface area contributed by atoms with Crippen LogP contribution in [0, 0.1) is 5.82 Å². The largest absolute Gasteiger partial charge is 0.497 e. The third-order valence-corrected chi connectivity index (χ3v) is 5.10. The summed E-state index contributed by atoms with van der Waals surface area (Å²) in [6.07, 6.45) is 2.05. The van der Waals surface area contributed by atoms with Gasteiger partial charge < -0.3 is 9.30 Å². The van der Waals surface area contributed by atoms with Gasteiger partial charge in [0.2, 0.25) is 0 Å². The summed E-state index contributed by atoms with van der Waals surface area (Å²) in [5, 5.41) is 9.90. The number of halogens is 1. The van der Waals surface area contributed by atoms with E-state index in [1.165, 1.54) is 6.07 Å². The van der Waals surface area contributed by atoms with Gasteiger partial charge in [-0.2, -0.15) is 0 Å². The van der Waals surface area contributed by atoms with E-state index >= 15 is 0 Å². The molecule has 0 saturated heterocycles. The standard InChI is InChI=1S/C24H18FN3O/c1-29-19-10-11-22-20(13-19)24-21(23(26-27-24)17-7-3-2-4-8-17)15-28(22)14-16-6-5-9-18(25)12-16/h2-13,15H,14H2,1H3. The van der Waals surface area contributed by atoms with E-state index in [0.717, 1.165) is 44.7 Å². The highest BCUT2D eigenvalue weighted by molar-refractivity contribution is 5.98. The molecule has 0 unspecified atom stereocenters. The second kappa shape index (κ2) is 7.02. The number of hydrogen-bond donors (Lipinski definition) is 0. The third kappa shape index (κ3) is 3.10. The van der Waals surface area contributed by atoms with Crippen LogP contribution in [-0.2, 0) is 6.54 Å². The quantitative estimate of drug-likeness (QED) is 0.417. The number of pyridine rings is 1. The van der Waals surface area contributed by atoms with E-state index in [0.29, 0.717) is 6.54 Å². The number of rotatable bonds is 4. The maximum Gasteiger partial charge on any atom is 0.123 e. The molecule has 0 aromatic heterocycles. The van der Waals surface area contributed by atoms with Crippen LogP contribution < -0.4 is 4.74 Å². The number of nitrogens with zero attached hydrogens (tertiary/aromatic N) is 3. The van der Waals surface area contributed by atoms with Gasteiger partial charge >= 0.3 is 0 Å². The van der Waals surface area contributed by atoms with Crippen LogP contribution >= 0.6 is 0 Å². The highest BCUT2D eigenvalue weighted by Crippen LogP contribution is 2.37. The Labute approximate surface area is 167 Å². The smallest absolute Gasteiger partial charge is 0.123 e. The number of fused-ring (bicyclic) bond motifs is 3. The van der Waals surface area contributed by atoms with Gasteiger partial charge in [0.1, 0.15) is 23.0 Å². The van der Waals surface area contributed by atoms with Crippen molar-refractivity contribution in [3.05, 3.63) is 90.4 Å². The van der Waals surface area contributed by atoms with Crippen LogP contribution in [0.15, 0.2) is 79.0 Å². The van der Waals surface area contributed by atoms with Gasteiger partial charge in [-0.05, 0) is 35.9 Å². The molecule has 2 aliphatic heterocycles. The van der Waals surface area contributed by atoms with Gasteiger partial charge in [-0.25, -0.2) is 4.39 Å². The lowest BCUT2D eigenvalue weighted by Crippen LogP contribution is -2.04. The Balaban J connectivity index is 1.75. The normalized spacial score (nSPS) is 11.2. The van der Waals surface area contributed by atoms with Crippen molar-refractivity contribution in [3.8, 4) is 28.3 Å². The zero-order valence-electron chi connectivity index (χ0n) is 15.8. The molecule has 0 amide bonds. The molecule has 4 nitrogen and oxygen atoms in total. The fourth-order valence-electron chi connectivity index (χ4n) is 3.72. The van der Waals surface area contributed by atoms with Crippen molar-refractivity contribution in [1.29, 1.82) is 0 Å². The summed E-state index contributed by atoms with van der Waals surface area (Å²) in [5.41, 5.74) is 5.50. The Bertz CT molecular complexity index is 1280. The molecule has 0 N–H and O–H groups in total. The molecule has 142 valence electrons. The van der Waals surface area contributed by atoms with Crippen molar-refractivity contribution < 1.29 is 9.13 Å². The van der Waals surface area contributed by atoms with Crippen molar-refractivity contribution in [3.63, 3.8) is 0 Å². The Kier molecular flexibility index (Phi) is 4.21. The van der Waals surface area contributed by atoms with Crippen molar-refractivity contribution >= 4 is 10.9 Å². The van der Waals surface area contributed by atoms with E-state index < -0.39 is 0 Å². The lowest BCUT2D eigenvalue weighted by atomic mass is 10.0. The fourth-order valence-corrected chi connectivity index (χ4v) is 3.72. The lowest BCUT2D eigenvalue weighted by molar-refractivity contribution is 0.415. The molecule has 0 atom stereocenters. The SMILES string of the molecule is COc1ccc2c(c1)c1nnc(-c3ccccc3)c-1cn2Cc1cccc(F)c1. The molecule has 2 heterocycles. The molecule has 5 rings (SSSR count). The summed E-state index contributed by atoms with van der Waals surface area (Å²) >= 11 is 0. The summed E-state index contributed by atoms with van der Waals surface area (Å²) in [6.45, 7) is 0.538. The predicted molar refractivity (Wildman–Crippen MR) is 112 cm³/mol. The van der Waals surface area contributed by atoms with Crippen molar-refractivity contribution in [2.45, 2.75) is 6.54 Å². The van der Waals surface area contributed by atoms with Gasteiger partial charge in [-0.15, -0.1) is 10.2 Å². The Hall–Kier alpha value is -3.73. The second-order valence-electron chi connectivity index (χ2n) is 6.95. The molecule has 0 saturated carbocycles. The topological polar surface area (TPSA) is 39.9 Å². The van der Waals surface area contributed by atoms with E-state index in [9.17, 15) is 4.39 Å². The first kappa shape index (κ1) is 17.4. The minimum Gasteiger partial charge on any atom is -0.497 e. The lowest BCUT2D eigenvalue weighted by Gasteiger charge is -2.16. The van der Waals surface area contributed by atoms with Crippen LogP contribution in [0.5, 0.6) is 5.75 Å². The second-order valence-corrected chi connectivity index (χ2v) is 6.95. The average molecular weight is 383 g/mol. The Morgan fingerprint density at radius 3 is 2.52 bits per heavy atom. The minimum absolute atomic E-state index is 0.239. The van der Waals surface area contributed by atoms with Gasteiger partial charge in [0, 0.05) is 29.3 Å². The van der Waals surface area contributed by atoms with E-state index in [2.05, 4.69) is 21.0 Å². The average Bonchev–Trinajstić information content (AvgIpc) is 3.18. The maximum atomic E-state index is 13.7. The van der Waals surface area contributed by atoms with Crippen LogP contribution in [0.2, 0.25) is 0 Å². The summed E-state index contributed by atoms with van der Waals surface area (Å²) in [4.78, 5) is 0. The van der Waals surface area contributed by atoms with Crippen molar-refractivity contribution in [2.24, 2.45) is 0 Å². The van der Waals surface area contributed by atoms with Crippen LogP contribution in [0.4, 0.5) is 4.39 Å². The molecule has 3 aromatic carbocycles. The molecule has 5 heteroatoms. The molecule has 0 radical (unpaired) electrons. The van der Waals surface area contributed by atoms with E-state index in [1.54, 1.807) is 19.2 Å². The monoisotopic (exact) mass is 383 g/mol. The maximum absolute atomic E-state index is 13.7. The number of benzene rings is 3. The van der Waals surface area contributed by atoms with Crippen LogP contribution in [0.25, 0.3) is 33.4 Å². The summed E-state index contributed by atoms with van der Waals surface area (Å²) in [6, 6.07) is 22.6. The molecular weight excluding hydrogens is 365 g/mol. The molecule has 0 fully saturated rings. The first-order valence-electron chi connectivity index (χ1n) is 9.36. The van der Waals surface area contributed by atoms with E-state index in [1.807, 2.05) is 54.6 Å². The number of hydrogen-bond acceptors (Lipinski definition) is 3. The van der Waals surface area contributed by atoms with E-state index in [-0.39, 0.29) is 5.82 Å². The molecule has 0 aliphatic carbocycles. The molecule has 3 aromatic rings. The molecule has 2 aliphatic rings. The van der Waals surface area contributed by atoms with Gasteiger partial charge in [0.15, 0.2) is 0 Å². The summed E-state index contributed by atoms with van der Waals surface area (Å²) in [5.74, 6) is 0.517. The highest BCUT2D eigenvalue weighted by atomic mass is 19.1. The minimum atomic E-state index is -0.239. The van der Waals surface area contributed by atoms with E-state index in [4.69, 9.17) is 4.74 Å². The first-order chi connectivity index (χ1) is 14.2. The molecular formula is C24H18FN3O. The van der Waals surface area contributed by atoms with Gasteiger partial charge in [-0.3, -0.25) is 0 Å². The van der Waals surface area contributed by atoms with Crippen LogP contribution in [-0.4, -0.2) is 21.9 Å². The zero-order valence-corrected chi connectivity index (χ0v) is 15.8. The van der Waals surface area contributed by atoms with Gasteiger partial charge in [0.05, 0.1) is 12.6 Å². The third-order valence-electron chi connectivity index (χ3n) is 5.10.